The number of hydrogen-bond donors (Lipinski definition) is 0. The first-order valence-electron chi connectivity index (χ1n) is 10.5. The zero-order valence-corrected chi connectivity index (χ0v) is 15.5. The van der Waals surface area contributed by atoms with Gasteiger partial charge in [-0.05, 0) is 85.9 Å². The third-order valence-electron chi connectivity index (χ3n) is 9.40. The average molecular weight is 328 g/mol. The lowest BCUT2D eigenvalue weighted by molar-refractivity contribution is -0.106. The fourth-order valence-corrected chi connectivity index (χ4v) is 8.18. The molecule has 1 aromatic heterocycles. The van der Waals surface area contributed by atoms with E-state index in [0.29, 0.717) is 16.7 Å². The molecule has 1 aromatic rings. The van der Waals surface area contributed by atoms with Crippen molar-refractivity contribution >= 4 is 0 Å². The Morgan fingerprint density at radius 2 is 1.79 bits per heavy atom. The first-order chi connectivity index (χ1) is 11.6. The summed E-state index contributed by atoms with van der Waals surface area (Å²) in [6.45, 7) is 5.27. The molecule has 0 aromatic carbocycles. The molecule has 2 nitrogen and oxygen atoms in total. The van der Waals surface area contributed by atoms with Crippen LogP contribution >= 0.6 is 0 Å². The second-order valence-corrected chi connectivity index (χ2v) is 10.0. The lowest BCUT2D eigenvalue weighted by atomic mass is 9.45. The van der Waals surface area contributed by atoms with Crippen molar-refractivity contribution in [2.45, 2.75) is 84.0 Å². The Balaban J connectivity index is 1.45. The molecule has 0 spiro atoms. The molecule has 4 aliphatic rings. The summed E-state index contributed by atoms with van der Waals surface area (Å²) >= 11 is 0. The number of hydrogen-bond acceptors (Lipinski definition) is 2. The first kappa shape index (κ1) is 15.5. The van der Waals surface area contributed by atoms with Crippen LogP contribution in [0.5, 0.6) is 0 Å². The Kier molecular flexibility index (Phi) is 3.45. The van der Waals surface area contributed by atoms with Crippen molar-refractivity contribution in [2.24, 2.45) is 34.5 Å². The highest BCUT2D eigenvalue weighted by atomic mass is 16.5. The Morgan fingerprint density at radius 3 is 2.62 bits per heavy atom. The fraction of sp³-hybridized carbons (Fsp3) is 0.864. The van der Waals surface area contributed by atoms with E-state index in [9.17, 15) is 0 Å². The molecule has 2 unspecified atom stereocenters. The highest BCUT2D eigenvalue weighted by Gasteiger charge is 2.60. The smallest absolute Gasteiger partial charge is 0.124 e. The zero-order chi connectivity index (χ0) is 16.4. The molecule has 0 saturated heterocycles. The monoisotopic (exact) mass is 327 g/mol. The van der Waals surface area contributed by atoms with E-state index in [2.05, 4.69) is 25.1 Å². The predicted molar refractivity (Wildman–Crippen MR) is 95.6 cm³/mol. The Morgan fingerprint density at radius 1 is 0.917 bits per heavy atom. The van der Waals surface area contributed by atoms with Crippen molar-refractivity contribution in [3.05, 3.63) is 18.0 Å². The van der Waals surface area contributed by atoms with Crippen LogP contribution in [0.1, 0.15) is 89.7 Å². The quantitative estimate of drug-likeness (QED) is 0.614. The van der Waals surface area contributed by atoms with Gasteiger partial charge in [-0.1, -0.05) is 31.8 Å². The average Bonchev–Trinajstić information content (AvgIpc) is 3.20. The van der Waals surface area contributed by atoms with Gasteiger partial charge in [0.15, 0.2) is 0 Å². The van der Waals surface area contributed by atoms with Gasteiger partial charge in [-0.3, -0.25) is 0 Å². The van der Waals surface area contributed by atoms with Crippen molar-refractivity contribution in [3.8, 4) is 0 Å². The SMILES string of the molecule is C[C@]12CCCCC1CC[C@@H]1[C@@H]2CC[C@]2(C)C(c3ccon3)CC[C@@H]12. The van der Waals surface area contributed by atoms with Crippen molar-refractivity contribution in [1.82, 2.24) is 5.16 Å². The molecule has 24 heavy (non-hydrogen) atoms. The van der Waals surface area contributed by atoms with Crippen molar-refractivity contribution in [1.29, 1.82) is 0 Å². The van der Waals surface area contributed by atoms with Gasteiger partial charge in [0.25, 0.3) is 0 Å². The summed E-state index contributed by atoms with van der Waals surface area (Å²) in [7, 11) is 0. The molecule has 7 atom stereocenters. The van der Waals surface area contributed by atoms with Crippen molar-refractivity contribution in [2.75, 3.05) is 0 Å². The predicted octanol–water partition coefficient (Wildman–Crippen LogP) is 6.19. The molecular formula is C22H33NO. The van der Waals surface area contributed by atoms with Crippen LogP contribution in [0.2, 0.25) is 0 Å². The van der Waals surface area contributed by atoms with Gasteiger partial charge < -0.3 is 4.52 Å². The maximum atomic E-state index is 5.19. The lowest BCUT2D eigenvalue weighted by Gasteiger charge is -2.60. The summed E-state index contributed by atoms with van der Waals surface area (Å²) in [5, 5.41) is 4.34. The third kappa shape index (κ3) is 1.98. The molecule has 4 fully saturated rings. The van der Waals surface area contributed by atoms with Crippen LogP contribution in [-0.4, -0.2) is 5.16 Å². The molecule has 4 saturated carbocycles. The number of nitrogens with zero attached hydrogens (tertiary/aromatic N) is 1. The minimum Gasteiger partial charge on any atom is -0.365 e. The third-order valence-corrected chi connectivity index (χ3v) is 9.40. The van der Waals surface area contributed by atoms with E-state index in [-0.39, 0.29) is 0 Å². The molecule has 0 amide bonds. The van der Waals surface area contributed by atoms with E-state index in [1.807, 2.05) is 0 Å². The molecule has 2 heteroatoms. The Labute approximate surface area is 146 Å². The summed E-state index contributed by atoms with van der Waals surface area (Å²) in [6, 6.07) is 2.13. The summed E-state index contributed by atoms with van der Waals surface area (Å²) < 4.78 is 5.19. The van der Waals surface area contributed by atoms with Gasteiger partial charge in [0.05, 0.1) is 5.69 Å². The van der Waals surface area contributed by atoms with E-state index in [4.69, 9.17) is 4.52 Å². The van der Waals surface area contributed by atoms with E-state index in [1.165, 1.54) is 69.9 Å². The molecule has 0 N–H and O–H groups in total. The minimum atomic E-state index is 0.468. The van der Waals surface area contributed by atoms with Crippen molar-refractivity contribution in [3.63, 3.8) is 0 Å². The van der Waals surface area contributed by atoms with Gasteiger partial charge in [0.1, 0.15) is 6.26 Å². The summed E-state index contributed by atoms with van der Waals surface area (Å²) in [5.41, 5.74) is 2.36. The molecule has 0 bridgehead atoms. The van der Waals surface area contributed by atoms with Gasteiger partial charge in [0.2, 0.25) is 0 Å². The van der Waals surface area contributed by atoms with Gasteiger partial charge in [-0.2, -0.15) is 0 Å². The first-order valence-corrected chi connectivity index (χ1v) is 10.5. The molecule has 4 aliphatic carbocycles. The Bertz CT molecular complexity index is 595. The van der Waals surface area contributed by atoms with Crippen LogP contribution in [0.15, 0.2) is 16.9 Å². The number of aromatic nitrogens is 1. The number of fused-ring (bicyclic) bond motifs is 5. The maximum Gasteiger partial charge on any atom is 0.124 e. The van der Waals surface area contributed by atoms with Crippen LogP contribution in [0.4, 0.5) is 0 Å². The second kappa shape index (κ2) is 5.35. The second-order valence-electron chi connectivity index (χ2n) is 10.0. The van der Waals surface area contributed by atoms with E-state index < -0.39 is 0 Å². The van der Waals surface area contributed by atoms with Gasteiger partial charge in [0, 0.05) is 12.0 Å². The lowest BCUT2D eigenvalue weighted by Crippen LogP contribution is -2.52. The highest BCUT2D eigenvalue weighted by molar-refractivity contribution is 5.18. The molecule has 132 valence electrons. The van der Waals surface area contributed by atoms with Gasteiger partial charge >= 0.3 is 0 Å². The minimum absolute atomic E-state index is 0.468. The van der Waals surface area contributed by atoms with Crippen LogP contribution in [0.3, 0.4) is 0 Å². The summed E-state index contributed by atoms with van der Waals surface area (Å²) in [4.78, 5) is 0. The number of rotatable bonds is 1. The standard InChI is InChI=1S/C22H33NO/c1-21-12-4-3-5-15(21)6-7-16-17-8-9-19(20-11-14-24-23-20)22(17,2)13-10-18(16)21/h11,14-19H,3-10,12-13H2,1-2H3/t15?,16-,17-,18-,19?,21-,22-/m0/s1. The van der Waals surface area contributed by atoms with E-state index in [1.54, 1.807) is 6.26 Å². The van der Waals surface area contributed by atoms with Gasteiger partial charge in [-0.25, -0.2) is 0 Å². The zero-order valence-electron chi connectivity index (χ0n) is 15.5. The maximum absolute atomic E-state index is 5.19. The largest absolute Gasteiger partial charge is 0.365 e. The van der Waals surface area contributed by atoms with Gasteiger partial charge in [-0.15, -0.1) is 0 Å². The molecule has 5 rings (SSSR count). The summed E-state index contributed by atoms with van der Waals surface area (Å²) in [5.74, 6) is 4.59. The molecular weight excluding hydrogens is 294 g/mol. The van der Waals surface area contributed by atoms with Crippen LogP contribution in [0.25, 0.3) is 0 Å². The van der Waals surface area contributed by atoms with E-state index in [0.717, 1.165) is 23.7 Å². The normalized spacial score (nSPS) is 50.8. The molecule has 0 aliphatic heterocycles. The highest BCUT2D eigenvalue weighted by Crippen LogP contribution is 2.68. The summed E-state index contributed by atoms with van der Waals surface area (Å²) in [6.07, 6.45) is 16.4. The van der Waals surface area contributed by atoms with E-state index >= 15 is 0 Å². The Hall–Kier alpha value is -0.790. The topological polar surface area (TPSA) is 26.0 Å². The molecule has 1 heterocycles. The van der Waals surface area contributed by atoms with Crippen LogP contribution in [0, 0.1) is 34.5 Å². The van der Waals surface area contributed by atoms with Crippen LogP contribution < -0.4 is 0 Å². The molecule has 0 radical (unpaired) electrons. The fourth-order valence-electron chi connectivity index (χ4n) is 8.18. The van der Waals surface area contributed by atoms with Crippen LogP contribution in [-0.2, 0) is 0 Å². The van der Waals surface area contributed by atoms with Crippen molar-refractivity contribution < 1.29 is 4.52 Å².